The van der Waals surface area contributed by atoms with Crippen LogP contribution in [0.4, 0.5) is 5.69 Å². The third-order valence-electron chi connectivity index (χ3n) is 3.44. The van der Waals surface area contributed by atoms with Crippen LogP contribution in [0.5, 0.6) is 5.75 Å². The number of anilines is 1. The lowest BCUT2D eigenvalue weighted by molar-refractivity contribution is -0.127. The van der Waals surface area contributed by atoms with Gasteiger partial charge >= 0.3 is 0 Å². The van der Waals surface area contributed by atoms with Crippen molar-refractivity contribution in [2.24, 2.45) is 0 Å². The summed E-state index contributed by atoms with van der Waals surface area (Å²) in [4.78, 5) is 23.1. The molecule has 0 aliphatic rings. The third-order valence-corrected chi connectivity index (χ3v) is 3.44. The van der Waals surface area contributed by atoms with Gasteiger partial charge in [0, 0.05) is 19.2 Å². The normalized spacial score (nSPS) is 11.5. The zero-order valence-electron chi connectivity index (χ0n) is 14.1. The molecule has 0 spiro atoms. The van der Waals surface area contributed by atoms with Crippen LogP contribution in [0.1, 0.15) is 25.0 Å². The largest absolute Gasteiger partial charge is 0.481 e. The molecule has 2 rings (SSSR count). The molecule has 24 heavy (non-hydrogen) atoms. The highest BCUT2D eigenvalue weighted by molar-refractivity contribution is 5.88. The van der Waals surface area contributed by atoms with Gasteiger partial charge in [-0.05, 0) is 43.7 Å². The average molecular weight is 326 g/mol. The molecule has 2 aromatic carbocycles. The van der Waals surface area contributed by atoms with Crippen molar-refractivity contribution in [3.63, 3.8) is 0 Å². The van der Waals surface area contributed by atoms with Crippen molar-refractivity contribution in [1.29, 1.82) is 0 Å². The Morgan fingerprint density at radius 2 is 1.67 bits per heavy atom. The highest BCUT2D eigenvalue weighted by atomic mass is 16.5. The first-order chi connectivity index (χ1) is 11.4. The van der Waals surface area contributed by atoms with Crippen molar-refractivity contribution >= 4 is 17.5 Å². The van der Waals surface area contributed by atoms with Gasteiger partial charge in [-0.1, -0.05) is 29.8 Å². The van der Waals surface area contributed by atoms with Crippen molar-refractivity contribution in [2.45, 2.75) is 33.4 Å². The minimum absolute atomic E-state index is 0.113. The second kappa shape index (κ2) is 8.15. The van der Waals surface area contributed by atoms with E-state index in [1.165, 1.54) is 6.92 Å². The van der Waals surface area contributed by atoms with Crippen LogP contribution in [-0.4, -0.2) is 17.9 Å². The fraction of sp³-hybridized carbons (Fsp3) is 0.263. The zero-order chi connectivity index (χ0) is 17.5. The minimum Gasteiger partial charge on any atom is -0.481 e. The fourth-order valence-corrected chi connectivity index (χ4v) is 2.12. The maximum atomic E-state index is 12.1. The second-order valence-electron chi connectivity index (χ2n) is 5.67. The lowest BCUT2D eigenvalue weighted by Gasteiger charge is -2.15. The van der Waals surface area contributed by atoms with Crippen molar-refractivity contribution in [3.8, 4) is 5.75 Å². The van der Waals surface area contributed by atoms with Crippen molar-refractivity contribution in [1.82, 2.24) is 5.32 Å². The molecule has 0 saturated carbocycles. The number of carbonyl (C=O) groups excluding carboxylic acids is 2. The summed E-state index contributed by atoms with van der Waals surface area (Å²) in [5.41, 5.74) is 2.82. The lowest BCUT2D eigenvalue weighted by Crippen LogP contribution is -2.35. The molecule has 2 N–H and O–H groups in total. The predicted molar refractivity (Wildman–Crippen MR) is 93.9 cm³/mol. The van der Waals surface area contributed by atoms with Crippen LogP contribution in [0.25, 0.3) is 0 Å². The van der Waals surface area contributed by atoms with E-state index in [1.54, 1.807) is 19.1 Å². The van der Waals surface area contributed by atoms with Crippen molar-refractivity contribution in [2.75, 3.05) is 5.32 Å². The molecule has 126 valence electrons. The maximum Gasteiger partial charge on any atom is 0.261 e. The smallest absolute Gasteiger partial charge is 0.261 e. The number of rotatable bonds is 6. The Labute approximate surface area is 142 Å². The third kappa shape index (κ3) is 5.43. The summed E-state index contributed by atoms with van der Waals surface area (Å²) in [6.45, 7) is 5.58. The standard InChI is InChI=1S/C19H22N2O3/c1-13-4-10-18(11-5-13)24-14(2)19(23)20-12-16-6-8-17(9-7-16)21-15(3)22/h4-11,14H,12H2,1-3H3,(H,20,23)(H,21,22). The van der Waals surface area contributed by atoms with Gasteiger partial charge in [-0.2, -0.15) is 0 Å². The van der Waals surface area contributed by atoms with Crippen LogP contribution >= 0.6 is 0 Å². The first kappa shape index (κ1) is 17.5. The molecule has 0 aromatic heterocycles. The highest BCUT2D eigenvalue weighted by Crippen LogP contribution is 2.13. The van der Waals surface area contributed by atoms with Crippen molar-refractivity contribution < 1.29 is 14.3 Å². The number of nitrogens with one attached hydrogen (secondary N) is 2. The quantitative estimate of drug-likeness (QED) is 0.857. The summed E-state index contributed by atoms with van der Waals surface area (Å²) in [6, 6.07) is 14.9. The molecule has 5 nitrogen and oxygen atoms in total. The molecule has 1 atom stereocenters. The fourth-order valence-electron chi connectivity index (χ4n) is 2.12. The molecule has 0 aliphatic carbocycles. The van der Waals surface area contributed by atoms with Gasteiger partial charge < -0.3 is 15.4 Å². The molecule has 1 unspecified atom stereocenters. The molecule has 2 amide bonds. The number of hydrogen-bond acceptors (Lipinski definition) is 3. The summed E-state index contributed by atoms with van der Waals surface area (Å²) in [5.74, 6) is 0.377. The zero-order valence-corrected chi connectivity index (χ0v) is 14.1. The van der Waals surface area contributed by atoms with Gasteiger partial charge in [0.25, 0.3) is 5.91 Å². The molecule has 0 aliphatic heterocycles. The molecule has 0 bridgehead atoms. The second-order valence-corrected chi connectivity index (χ2v) is 5.67. The van der Waals surface area contributed by atoms with Gasteiger partial charge in [-0.25, -0.2) is 0 Å². The van der Waals surface area contributed by atoms with E-state index in [1.807, 2.05) is 43.3 Å². The molecule has 0 fully saturated rings. The lowest BCUT2D eigenvalue weighted by atomic mass is 10.2. The van der Waals surface area contributed by atoms with E-state index >= 15 is 0 Å². The molecular formula is C19H22N2O3. The first-order valence-corrected chi connectivity index (χ1v) is 7.81. The molecule has 2 aromatic rings. The van der Waals surface area contributed by atoms with Gasteiger partial charge in [0.2, 0.25) is 5.91 Å². The summed E-state index contributed by atoms with van der Waals surface area (Å²) < 4.78 is 5.62. The van der Waals surface area contributed by atoms with Gasteiger partial charge in [0.15, 0.2) is 6.10 Å². The van der Waals surface area contributed by atoms with E-state index in [0.717, 1.165) is 16.8 Å². The Morgan fingerprint density at radius 1 is 1.04 bits per heavy atom. The number of aryl methyl sites for hydroxylation is 1. The monoisotopic (exact) mass is 326 g/mol. The van der Waals surface area contributed by atoms with Gasteiger partial charge in [0.1, 0.15) is 5.75 Å². The van der Waals surface area contributed by atoms with Crippen LogP contribution < -0.4 is 15.4 Å². The van der Waals surface area contributed by atoms with E-state index < -0.39 is 6.10 Å². The maximum absolute atomic E-state index is 12.1. The van der Waals surface area contributed by atoms with Crippen molar-refractivity contribution in [3.05, 3.63) is 59.7 Å². The van der Waals surface area contributed by atoms with Crippen LogP contribution in [0.15, 0.2) is 48.5 Å². The molecule has 5 heteroatoms. The van der Waals surface area contributed by atoms with Crippen LogP contribution in [0.3, 0.4) is 0 Å². The van der Waals surface area contributed by atoms with Gasteiger partial charge in [-0.15, -0.1) is 0 Å². The van der Waals surface area contributed by atoms with E-state index in [2.05, 4.69) is 10.6 Å². The Morgan fingerprint density at radius 3 is 2.25 bits per heavy atom. The molecule has 0 heterocycles. The Hall–Kier alpha value is -2.82. The Bertz CT molecular complexity index is 694. The first-order valence-electron chi connectivity index (χ1n) is 7.81. The summed E-state index contributed by atoms with van der Waals surface area (Å²) in [7, 11) is 0. The number of carbonyl (C=O) groups is 2. The molecule has 0 radical (unpaired) electrons. The van der Waals surface area contributed by atoms with Gasteiger partial charge in [-0.3, -0.25) is 9.59 Å². The number of ether oxygens (including phenoxy) is 1. The number of hydrogen-bond donors (Lipinski definition) is 2. The molecular weight excluding hydrogens is 304 g/mol. The average Bonchev–Trinajstić information content (AvgIpc) is 2.55. The van der Waals surface area contributed by atoms with Crippen LogP contribution in [-0.2, 0) is 16.1 Å². The van der Waals surface area contributed by atoms with E-state index in [0.29, 0.717) is 12.3 Å². The van der Waals surface area contributed by atoms with Gasteiger partial charge in [0.05, 0.1) is 0 Å². The summed E-state index contributed by atoms with van der Waals surface area (Å²) in [5, 5.41) is 5.54. The van der Waals surface area contributed by atoms with E-state index in [4.69, 9.17) is 4.74 Å². The number of amides is 2. The summed E-state index contributed by atoms with van der Waals surface area (Å²) in [6.07, 6.45) is -0.577. The van der Waals surface area contributed by atoms with Crippen LogP contribution in [0.2, 0.25) is 0 Å². The van der Waals surface area contributed by atoms with Crippen LogP contribution in [0, 0.1) is 6.92 Å². The minimum atomic E-state index is -0.577. The number of benzene rings is 2. The summed E-state index contributed by atoms with van der Waals surface area (Å²) >= 11 is 0. The van der Waals surface area contributed by atoms with E-state index in [-0.39, 0.29) is 11.8 Å². The molecule has 0 saturated heterocycles. The Kier molecular flexibility index (Phi) is 5.95. The predicted octanol–water partition coefficient (Wildman–Crippen LogP) is 3.04. The highest BCUT2D eigenvalue weighted by Gasteiger charge is 2.14. The van der Waals surface area contributed by atoms with E-state index in [9.17, 15) is 9.59 Å². The SMILES string of the molecule is CC(=O)Nc1ccc(CNC(=O)C(C)Oc2ccc(C)cc2)cc1. The Balaban J connectivity index is 1.83. The topological polar surface area (TPSA) is 67.4 Å².